The summed E-state index contributed by atoms with van der Waals surface area (Å²) in [5, 5.41) is 21.2. The Labute approximate surface area is 163 Å². The zero-order valence-corrected chi connectivity index (χ0v) is 17.5. The van der Waals surface area contributed by atoms with Crippen LogP contribution in [0.1, 0.15) is 103 Å². The number of aliphatic hydroxyl groups is 2. The van der Waals surface area contributed by atoms with E-state index in [2.05, 4.69) is 12.2 Å². The summed E-state index contributed by atoms with van der Waals surface area (Å²) in [7, 11) is 0. The van der Waals surface area contributed by atoms with Crippen molar-refractivity contribution in [2.75, 3.05) is 32.9 Å². The molecule has 0 saturated carbocycles. The van der Waals surface area contributed by atoms with Crippen LogP contribution in [0.25, 0.3) is 0 Å². The predicted molar refractivity (Wildman–Crippen MR) is 112 cm³/mol. The number of rotatable bonds is 22. The zero-order valence-electron chi connectivity index (χ0n) is 17.5. The molecule has 4 nitrogen and oxygen atoms in total. The van der Waals surface area contributed by atoms with Gasteiger partial charge >= 0.3 is 0 Å². The van der Waals surface area contributed by atoms with Crippen LogP contribution in [-0.4, -0.2) is 49.2 Å². The summed E-state index contributed by atoms with van der Waals surface area (Å²) in [6.45, 7) is 4.52. The average molecular weight is 374 g/mol. The van der Waals surface area contributed by atoms with Crippen molar-refractivity contribution in [3.63, 3.8) is 0 Å². The molecule has 0 aromatic carbocycles. The van der Waals surface area contributed by atoms with Crippen molar-refractivity contribution >= 4 is 0 Å². The van der Waals surface area contributed by atoms with Crippen molar-refractivity contribution in [3.05, 3.63) is 0 Å². The molecule has 0 rings (SSSR count). The van der Waals surface area contributed by atoms with E-state index in [0.717, 1.165) is 13.0 Å². The van der Waals surface area contributed by atoms with Gasteiger partial charge in [0.1, 0.15) is 0 Å². The van der Waals surface area contributed by atoms with E-state index >= 15 is 0 Å². The van der Waals surface area contributed by atoms with Gasteiger partial charge in [0.25, 0.3) is 0 Å². The Morgan fingerprint density at radius 3 is 1.65 bits per heavy atom. The monoisotopic (exact) mass is 373 g/mol. The molecule has 0 spiro atoms. The SMILES string of the molecule is CCCCCCCCCCCCCCCCCOCC(O)CNCCO. The molecule has 4 heteroatoms. The molecule has 26 heavy (non-hydrogen) atoms. The molecule has 0 saturated heterocycles. The smallest absolute Gasteiger partial charge is 0.0897 e. The van der Waals surface area contributed by atoms with Crippen LogP contribution in [0.15, 0.2) is 0 Å². The lowest BCUT2D eigenvalue weighted by Gasteiger charge is -2.11. The number of hydrogen-bond donors (Lipinski definition) is 3. The second-order valence-corrected chi connectivity index (χ2v) is 7.61. The van der Waals surface area contributed by atoms with E-state index in [4.69, 9.17) is 9.84 Å². The predicted octanol–water partition coefficient (Wildman–Crippen LogP) is 4.82. The Balaban J connectivity index is 3.05. The Morgan fingerprint density at radius 2 is 1.19 bits per heavy atom. The van der Waals surface area contributed by atoms with Gasteiger partial charge < -0.3 is 20.3 Å². The third kappa shape index (κ3) is 21.9. The first-order valence-electron chi connectivity index (χ1n) is 11.4. The first-order valence-corrected chi connectivity index (χ1v) is 11.4. The lowest BCUT2D eigenvalue weighted by molar-refractivity contribution is 0.0350. The highest BCUT2D eigenvalue weighted by Crippen LogP contribution is 2.13. The second-order valence-electron chi connectivity index (χ2n) is 7.61. The van der Waals surface area contributed by atoms with Crippen molar-refractivity contribution in [3.8, 4) is 0 Å². The number of nitrogens with one attached hydrogen (secondary N) is 1. The Kier molecular flexibility index (Phi) is 22.7. The topological polar surface area (TPSA) is 61.7 Å². The lowest BCUT2D eigenvalue weighted by atomic mass is 10.0. The fourth-order valence-corrected chi connectivity index (χ4v) is 3.20. The summed E-state index contributed by atoms with van der Waals surface area (Å²) < 4.78 is 5.49. The lowest BCUT2D eigenvalue weighted by Crippen LogP contribution is -2.32. The maximum absolute atomic E-state index is 9.63. The van der Waals surface area contributed by atoms with Gasteiger partial charge in [0.05, 0.1) is 19.3 Å². The van der Waals surface area contributed by atoms with Crippen molar-refractivity contribution in [2.24, 2.45) is 0 Å². The zero-order chi connectivity index (χ0) is 19.1. The van der Waals surface area contributed by atoms with E-state index in [0.29, 0.717) is 19.7 Å². The highest BCUT2D eigenvalue weighted by atomic mass is 16.5. The summed E-state index contributed by atoms with van der Waals surface area (Å²) in [6.07, 6.45) is 20.1. The van der Waals surface area contributed by atoms with Gasteiger partial charge in [-0.3, -0.25) is 0 Å². The van der Waals surface area contributed by atoms with Crippen LogP contribution in [0, 0.1) is 0 Å². The summed E-state index contributed by atoms with van der Waals surface area (Å²) in [6, 6.07) is 0. The normalized spacial score (nSPS) is 12.6. The third-order valence-electron chi connectivity index (χ3n) is 4.87. The van der Waals surface area contributed by atoms with Crippen molar-refractivity contribution in [1.82, 2.24) is 5.32 Å². The van der Waals surface area contributed by atoms with Crippen molar-refractivity contribution < 1.29 is 14.9 Å². The molecule has 0 bridgehead atoms. The molecule has 0 aromatic heterocycles. The first-order chi connectivity index (χ1) is 12.8. The third-order valence-corrected chi connectivity index (χ3v) is 4.87. The maximum atomic E-state index is 9.63. The highest BCUT2D eigenvalue weighted by molar-refractivity contribution is 4.57. The molecule has 158 valence electrons. The summed E-state index contributed by atoms with van der Waals surface area (Å²) in [4.78, 5) is 0. The molecular formula is C22H47NO3. The minimum atomic E-state index is -0.474. The van der Waals surface area contributed by atoms with Crippen LogP contribution < -0.4 is 5.32 Å². The Morgan fingerprint density at radius 1 is 0.731 bits per heavy atom. The van der Waals surface area contributed by atoms with Crippen molar-refractivity contribution in [1.29, 1.82) is 0 Å². The standard InChI is InChI=1S/C22H47NO3/c1-2-3-4-5-6-7-8-9-10-11-12-13-14-15-16-19-26-21-22(25)20-23-17-18-24/h22-25H,2-21H2,1H3. The van der Waals surface area contributed by atoms with Crippen LogP contribution in [0.5, 0.6) is 0 Å². The van der Waals surface area contributed by atoms with E-state index in [1.165, 1.54) is 89.9 Å². The molecule has 0 aliphatic heterocycles. The minimum absolute atomic E-state index is 0.104. The van der Waals surface area contributed by atoms with E-state index in [-0.39, 0.29) is 6.61 Å². The van der Waals surface area contributed by atoms with Crippen LogP contribution >= 0.6 is 0 Å². The molecule has 0 fully saturated rings. The summed E-state index contributed by atoms with van der Waals surface area (Å²) in [5.74, 6) is 0. The first kappa shape index (κ1) is 25.8. The van der Waals surface area contributed by atoms with Gasteiger partial charge in [-0.15, -0.1) is 0 Å². The second kappa shape index (κ2) is 22.9. The molecule has 0 aliphatic carbocycles. The van der Waals surface area contributed by atoms with Crippen LogP contribution in [0.4, 0.5) is 0 Å². The van der Waals surface area contributed by atoms with Gasteiger partial charge in [0, 0.05) is 19.7 Å². The number of hydrogen-bond acceptors (Lipinski definition) is 4. The Bertz CT molecular complexity index is 252. The molecule has 0 amide bonds. The van der Waals surface area contributed by atoms with Gasteiger partial charge in [-0.1, -0.05) is 96.8 Å². The van der Waals surface area contributed by atoms with Gasteiger partial charge in [-0.25, -0.2) is 0 Å². The van der Waals surface area contributed by atoms with Gasteiger partial charge in [-0.2, -0.15) is 0 Å². The van der Waals surface area contributed by atoms with Gasteiger partial charge in [0.2, 0.25) is 0 Å². The molecular weight excluding hydrogens is 326 g/mol. The van der Waals surface area contributed by atoms with E-state index < -0.39 is 6.10 Å². The van der Waals surface area contributed by atoms with Gasteiger partial charge in [-0.05, 0) is 6.42 Å². The molecule has 1 unspecified atom stereocenters. The average Bonchev–Trinajstić information content (AvgIpc) is 2.64. The van der Waals surface area contributed by atoms with Crippen LogP contribution in [0.2, 0.25) is 0 Å². The summed E-state index contributed by atoms with van der Waals surface area (Å²) >= 11 is 0. The molecule has 0 radical (unpaired) electrons. The Hall–Kier alpha value is -0.160. The molecule has 1 atom stereocenters. The van der Waals surface area contributed by atoms with E-state index in [9.17, 15) is 5.11 Å². The fourth-order valence-electron chi connectivity index (χ4n) is 3.20. The number of ether oxygens (including phenoxy) is 1. The maximum Gasteiger partial charge on any atom is 0.0897 e. The van der Waals surface area contributed by atoms with E-state index in [1.54, 1.807) is 0 Å². The molecule has 3 N–H and O–H groups in total. The molecule has 0 heterocycles. The highest BCUT2D eigenvalue weighted by Gasteiger charge is 2.02. The van der Waals surface area contributed by atoms with Crippen LogP contribution in [-0.2, 0) is 4.74 Å². The largest absolute Gasteiger partial charge is 0.395 e. The summed E-state index contributed by atoms with van der Waals surface area (Å²) in [5.41, 5.74) is 0. The van der Waals surface area contributed by atoms with Gasteiger partial charge in [0.15, 0.2) is 0 Å². The molecule has 0 aliphatic rings. The minimum Gasteiger partial charge on any atom is -0.395 e. The quantitative estimate of drug-likeness (QED) is 0.238. The van der Waals surface area contributed by atoms with E-state index in [1.807, 2.05) is 0 Å². The number of aliphatic hydroxyl groups excluding tert-OH is 2. The fraction of sp³-hybridized carbons (Fsp3) is 1.00. The number of unbranched alkanes of at least 4 members (excludes halogenated alkanes) is 14. The molecule has 0 aromatic rings. The van der Waals surface area contributed by atoms with Crippen LogP contribution in [0.3, 0.4) is 0 Å². The van der Waals surface area contributed by atoms with Crippen molar-refractivity contribution in [2.45, 2.75) is 109 Å².